The van der Waals surface area contributed by atoms with Gasteiger partial charge < -0.3 is 15.7 Å². The van der Waals surface area contributed by atoms with Gasteiger partial charge in [0.05, 0.1) is 0 Å². The molecule has 0 bridgehead atoms. The molecule has 0 aliphatic heterocycles. The smallest absolute Gasteiger partial charge is 0.404 e. The minimum absolute atomic E-state index is 0.176. The number of amides is 1. The number of nitrogens with one attached hydrogen (secondary N) is 2. The molecule has 0 saturated heterocycles. The predicted octanol–water partition coefficient (Wildman–Crippen LogP) is 0.00440. The monoisotopic (exact) mass is 144 g/mol. The summed E-state index contributed by atoms with van der Waals surface area (Å²) in [5.41, 5.74) is 0. The molecular formula is C6H12N2O2. The van der Waals surface area contributed by atoms with Gasteiger partial charge >= 0.3 is 6.09 Å². The van der Waals surface area contributed by atoms with Crippen LogP contribution >= 0.6 is 0 Å². The summed E-state index contributed by atoms with van der Waals surface area (Å²) < 4.78 is 0. The summed E-state index contributed by atoms with van der Waals surface area (Å²) in [7, 11) is 1.89. The molecule has 0 spiro atoms. The summed E-state index contributed by atoms with van der Waals surface area (Å²) in [5.74, 6) is 0. The van der Waals surface area contributed by atoms with Crippen molar-refractivity contribution in [2.75, 3.05) is 7.05 Å². The van der Waals surface area contributed by atoms with Gasteiger partial charge in [0.15, 0.2) is 0 Å². The van der Waals surface area contributed by atoms with Crippen molar-refractivity contribution >= 4 is 6.09 Å². The Hall–Kier alpha value is -0.770. The summed E-state index contributed by atoms with van der Waals surface area (Å²) >= 11 is 0. The summed E-state index contributed by atoms with van der Waals surface area (Å²) in [6.07, 6.45) is 0.922. The molecule has 1 aliphatic carbocycles. The van der Waals surface area contributed by atoms with E-state index in [9.17, 15) is 4.79 Å². The van der Waals surface area contributed by atoms with Crippen molar-refractivity contribution in [2.24, 2.45) is 0 Å². The number of carboxylic acid groups (broad SMARTS) is 1. The summed E-state index contributed by atoms with van der Waals surface area (Å²) in [6.45, 7) is 0. The van der Waals surface area contributed by atoms with Gasteiger partial charge in [0.2, 0.25) is 0 Å². The minimum Gasteiger partial charge on any atom is -0.465 e. The topological polar surface area (TPSA) is 61.4 Å². The van der Waals surface area contributed by atoms with Gasteiger partial charge in [-0.2, -0.15) is 0 Å². The van der Waals surface area contributed by atoms with E-state index >= 15 is 0 Å². The third-order valence-corrected chi connectivity index (χ3v) is 1.87. The Morgan fingerprint density at radius 3 is 2.50 bits per heavy atom. The first-order chi connectivity index (χ1) is 4.72. The Labute approximate surface area is 59.6 Å². The second kappa shape index (κ2) is 2.88. The molecule has 0 unspecified atom stereocenters. The maximum atomic E-state index is 10.1. The molecule has 0 aromatic heterocycles. The van der Waals surface area contributed by atoms with Crippen molar-refractivity contribution in [3.8, 4) is 0 Å². The Morgan fingerprint density at radius 2 is 2.10 bits per heavy atom. The molecule has 1 rings (SSSR count). The zero-order valence-corrected chi connectivity index (χ0v) is 5.92. The second-order valence-electron chi connectivity index (χ2n) is 2.60. The molecule has 0 radical (unpaired) electrons. The maximum Gasteiger partial charge on any atom is 0.404 e. The van der Waals surface area contributed by atoms with Gasteiger partial charge in [-0.1, -0.05) is 0 Å². The highest BCUT2D eigenvalue weighted by molar-refractivity contribution is 5.65. The fraction of sp³-hybridized carbons (Fsp3) is 0.833. The van der Waals surface area contributed by atoms with Crippen LogP contribution in [0.3, 0.4) is 0 Å². The second-order valence-corrected chi connectivity index (χ2v) is 2.60. The van der Waals surface area contributed by atoms with Gasteiger partial charge in [0.1, 0.15) is 0 Å². The quantitative estimate of drug-likeness (QED) is 0.511. The number of hydrogen-bond donors (Lipinski definition) is 3. The highest BCUT2D eigenvalue weighted by Gasteiger charge is 2.28. The fourth-order valence-corrected chi connectivity index (χ4v) is 1.15. The van der Waals surface area contributed by atoms with Gasteiger partial charge in [0, 0.05) is 12.1 Å². The molecule has 1 fully saturated rings. The molecule has 4 nitrogen and oxygen atoms in total. The molecule has 0 atom stereocenters. The molecule has 1 saturated carbocycles. The molecule has 0 aromatic rings. The zero-order chi connectivity index (χ0) is 7.56. The van der Waals surface area contributed by atoms with E-state index in [-0.39, 0.29) is 6.04 Å². The van der Waals surface area contributed by atoms with E-state index < -0.39 is 6.09 Å². The molecule has 3 N–H and O–H groups in total. The highest BCUT2D eigenvalue weighted by atomic mass is 16.4. The molecule has 4 heteroatoms. The van der Waals surface area contributed by atoms with E-state index in [2.05, 4.69) is 10.6 Å². The Bertz CT molecular complexity index is 132. The molecule has 0 aromatic carbocycles. The van der Waals surface area contributed by atoms with E-state index in [1.807, 2.05) is 7.05 Å². The standard InChI is InChI=1S/C6H12N2O2/c1-7-4-2-5(3-4)8-6(9)10/h4-5,7-8H,2-3H2,1H3,(H,9,10)/t4-,5-. The van der Waals surface area contributed by atoms with Gasteiger partial charge in [0.25, 0.3) is 0 Å². The van der Waals surface area contributed by atoms with Gasteiger partial charge in [-0.15, -0.1) is 0 Å². The van der Waals surface area contributed by atoms with Crippen LogP contribution in [0.2, 0.25) is 0 Å². The van der Waals surface area contributed by atoms with Crippen molar-refractivity contribution in [1.29, 1.82) is 0 Å². The van der Waals surface area contributed by atoms with Crippen LogP contribution in [0.1, 0.15) is 12.8 Å². The first-order valence-electron chi connectivity index (χ1n) is 3.39. The number of carbonyl (C=O) groups is 1. The summed E-state index contributed by atoms with van der Waals surface area (Å²) in [4.78, 5) is 10.1. The van der Waals surface area contributed by atoms with Crippen LogP contribution in [0.25, 0.3) is 0 Å². The third-order valence-electron chi connectivity index (χ3n) is 1.87. The SMILES string of the molecule is CN[C@H]1C[C@H](NC(=O)O)C1. The van der Waals surface area contributed by atoms with Gasteiger partial charge in [-0.3, -0.25) is 0 Å². The lowest BCUT2D eigenvalue weighted by molar-refractivity contribution is 0.174. The highest BCUT2D eigenvalue weighted by Crippen LogP contribution is 2.18. The van der Waals surface area contributed by atoms with Crippen molar-refractivity contribution in [3.63, 3.8) is 0 Å². The Morgan fingerprint density at radius 1 is 1.50 bits per heavy atom. The first kappa shape index (κ1) is 7.34. The molecule has 10 heavy (non-hydrogen) atoms. The molecule has 1 amide bonds. The van der Waals surface area contributed by atoms with E-state index in [0.29, 0.717) is 6.04 Å². The van der Waals surface area contributed by atoms with Gasteiger partial charge in [-0.05, 0) is 19.9 Å². The Balaban J connectivity index is 2.08. The van der Waals surface area contributed by atoms with Crippen molar-refractivity contribution < 1.29 is 9.90 Å². The van der Waals surface area contributed by atoms with Crippen LogP contribution in [0.15, 0.2) is 0 Å². The number of hydrogen-bond acceptors (Lipinski definition) is 2. The molecule has 1 aliphatic rings. The van der Waals surface area contributed by atoms with Crippen LogP contribution in [0, 0.1) is 0 Å². The number of rotatable bonds is 2. The van der Waals surface area contributed by atoms with Gasteiger partial charge in [-0.25, -0.2) is 4.79 Å². The van der Waals surface area contributed by atoms with E-state index in [1.165, 1.54) is 0 Å². The molecular weight excluding hydrogens is 132 g/mol. The molecule has 58 valence electrons. The van der Waals surface area contributed by atoms with E-state index in [0.717, 1.165) is 12.8 Å². The van der Waals surface area contributed by atoms with Crippen molar-refractivity contribution in [3.05, 3.63) is 0 Å². The summed E-state index contributed by atoms with van der Waals surface area (Å²) in [5, 5.41) is 13.8. The Kier molecular flexibility index (Phi) is 2.11. The largest absolute Gasteiger partial charge is 0.465 e. The van der Waals surface area contributed by atoms with Crippen molar-refractivity contribution in [2.45, 2.75) is 24.9 Å². The predicted molar refractivity (Wildman–Crippen MR) is 37.0 cm³/mol. The minimum atomic E-state index is -0.917. The van der Waals surface area contributed by atoms with Crippen LogP contribution in [-0.2, 0) is 0 Å². The van der Waals surface area contributed by atoms with Crippen LogP contribution < -0.4 is 10.6 Å². The normalized spacial score (nSPS) is 30.9. The van der Waals surface area contributed by atoms with Crippen LogP contribution in [0.5, 0.6) is 0 Å². The maximum absolute atomic E-state index is 10.1. The summed E-state index contributed by atoms with van der Waals surface area (Å²) in [6, 6.07) is 0.687. The molecule has 0 heterocycles. The average Bonchev–Trinajstić information content (AvgIpc) is 1.76. The van der Waals surface area contributed by atoms with E-state index in [4.69, 9.17) is 5.11 Å². The average molecular weight is 144 g/mol. The van der Waals surface area contributed by atoms with E-state index in [1.54, 1.807) is 0 Å². The lowest BCUT2D eigenvalue weighted by Gasteiger charge is -2.34. The third kappa shape index (κ3) is 1.60. The zero-order valence-electron chi connectivity index (χ0n) is 5.92. The van der Waals surface area contributed by atoms with Crippen LogP contribution in [-0.4, -0.2) is 30.3 Å². The van der Waals surface area contributed by atoms with Crippen LogP contribution in [0.4, 0.5) is 4.79 Å². The lowest BCUT2D eigenvalue weighted by atomic mass is 9.87. The fourth-order valence-electron chi connectivity index (χ4n) is 1.15. The lowest BCUT2D eigenvalue weighted by Crippen LogP contribution is -2.51. The van der Waals surface area contributed by atoms with Crippen molar-refractivity contribution in [1.82, 2.24) is 10.6 Å². The first-order valence-corrected chi connectivity index (χ1v) is 3.39.